The number of nitrogens with zero attached hydrogens (tertiary/aromatic N) is 1. The Bertz CT molecular complexity index is 832. The fourth-order valence-electron chi connectivity index (χ4n) is 3.80. The van der Waals surface area contributed by atoms with Crippen molar-refractivity contribution < 1.29 is 9.84 Å². The van der Waals surface area contributed by atoms with E-state index in [4.69, 9.17) is 4.74 Å². The van der Waals surface area contributed by atoms with Crippen LogP contribution < -0.4 is 4.74 Å². The van der Waals surface area contributed by atoms with Crippen molar-refractivity contribution in [2.45, 2.75) is 18.3 Å². The molecule has 0 amide bonds. The predicted octanol–water partition coefficient (Wildman–Crippen LogP) is 4.93. The molecule has 0 aliphatic heterocycles. The zero-order chi connectivity index (χ0) is 20.5. The molecule has 0 aliphatic carbocycles. The van der Waals surface area contributed by atoms with Crippen LogP contribution in [0.4, 0.5) is 0 Å². The molecule has 1 N–H and O–H groups in total. The van der Waals surface area contributed by atoms with Gasteiger partial charge in [0.15, 0.2) is 0 Å². The van der Waals surface area contributed by atoms with Gasteiger partial charge >= 0.3 is 0 Å². The summed E-state index contributed by atoms with van der Waals surface area (Å²) in [5.74, 6) is 1.26. The molecule has 0 aliphatic rings. The lowest BCUT2D eigenvalue weighted by Crippen LogP contribution is -2.19. The van der Waals surface area contributed by atoms with Crippen LogP contribution in [0.5, 0.6) is 5.75 Å². The van der Waals surface area contributed by atoms with Crippen molar-refractivity contribution in [3.8, 4) is 5.75 Å². The van der Waals surface area contributed by atoms with Crippen molar-refractivity contribution in [3.63, 3.8) is 0 Å². The van der Waals surface area contributed by atoms with Gasteiger partial charge in [0, 0.05) is 19.1 Å². The van der Waals surface area contributed by atoms with E-state index in [9.17, 15) is 5.11 Å². The minimum absolute atomic E-state index is 0.161. The summed E-state index contributed by atoms with van der Waals surface area (Å²) in [7, 11) is 4.09. The third-order valence-electron chi connectivity index (χ3n) is 5.28. The third kappa shape index (κ3) is 5.93. The fraction of sp³-hybridized carbons (Fsp3) is 0.308. The Hall–Kier alpha value is -2.62. The normalized spacial score (nSPS) is 13.2. The molecule has 0 aromatic heterocycles. The van der Waals surface area contributed by atoms with Crippen LogP contribution in [0.3, 0.4) is 0 Å². The number of hydrogen-bond acceptors (Lipinski definition) is 3. The Morgan fingerprint density at radius 2 is 1.31 bits per heavy atom. The van der Waals surface area contributed by atoms with Gasteiger partial charge in [-0.25, -0.2) is 0 Å². The SMILES string of the molecule is CN(C)CCOc1ccc([C@@H](c2ccccc2)[C@@H](CCO)c2ccccc2)cc1. The van der Waals surface area contributed by atoms with E-state index in [1.54, 1.807) is 0 Å². The first kappa shape index (κ1) is 21.1. The summed E-state index contributed by atoms with van der Waals surface area (Å²) in [6.07, 6.45) is 0.713. The molecule has 152 valence electrons. The minimum Gasteiger partial charge on any atom is -0.492 e. The molecule has 0 saturated heterocycles. The lowest BCUT2D eigenvalue weighted by Gasteiger charge is -2.28. The van der Waals surface area contributed by atoms with Crippen LogP contribution in [0.2, 0.25) is 0 Å². The van der Waals surface area contributed by atoms with Crippen LogP contribution >= 0.6 is 0 Å². The Balaban J connectivity index is 1.91. The molecule has 29 heavy (non-hydrogen) atoms. The van der Waals surface area contributed by atoms with Crippen molar-refractivity contribution in [2.24, 2.45) is 0 Å². The van der Waals surface area contributed by atoms with E-state index >= 15 is 0 Å². The average molecular weight is 390 g/mol. The molecule has 3 aromatic carbocycles. The van der Waals surface area contributed by atoms with Crippen LogP contribution in [-0.4, -0.2) is 43.9 Å². The van der Waals surface area contributed by atoms with Gasteiger partial charge in [0.2, 0.25) is 0 Å². The van der Waals surface area contributed by atoms with Crippen LogP contribution in [0.1, 0.15) is 34.9 Å². The van der Waals surface area contributed by atoms with E-state index in [-0.39, 0.29) is 18.4 Å². The van der Waals surface area contributed by atoms with Crippen LogP contribution in [0.15, 0.2) is 84.9 Å². The Morgan fingerprint density at radius 3 is 1.86 bits per heavy atom. The van der Waals surface area contributed by atoms with Crippen molar-refractivity contribution >= 4 is 0 Å². The maximum Gasteiger partial charge on any atom is 0.119 e. The second kappa shape index (κ2) is 10.8. The molecule has 3 nitrogen and oxygen atoms in total. The zero-order valence-electron chi connectivity index (χ0n) is 17.4. The molecule has 0 spiro atoms. The first-order valence-electron chi connectivity index (χ1n) is 10.3. The summed E-state index contributed by atoms with van der Waals surface area (Å²) in [5.41, 5.74) is 3.75. The minimum atomic E-state index is 0.161. The number of aliphatic hydroxyl groups is 1. The lowest BCUT2D eigenvalue weighted by atomic mass is 9.76. The fourth-order valence-corrected chi connectivity index (χ4v) is 3.80. The Kier molecular flexibility index (Phi) is 7.85. The number of aliphatic hydroxyl groups excluding tert-OH is 1. The van der Waals surface area contributed by atoms with Gasteiger partial charge in [-0.2, -0.15) is 0 Å². The number of ether oxygens (including phenoxy) is 1. The maximum atomic E-state index is 9.80. The van der Waals surface area contributed by atoms with Crippen LogP contribution in [-0.2, 0) is 0 Å². The van der Waals surface area contributed by atoms with Gasteiger partial charge < -0.3 is 14.7 Å². The van der Waals surface area contributed by atoms with E-state index in [2.05, 4.69) is 77.7 Å². The van der Waals surface area contributed by atoms with Crippen molar-refractivity contribution in [1.29, 1.82) is 0 Å². The van der Waals surface area contributed by atoms with Crippen molar-refractivity contribution in [3.05, 3.63) is 102 Å². The zero-order valence-corrected chi connectivity index (χ0v) is 17.4. The second-order valence-corrected chi connectivity index (χ2v) is 7.64. The summed E-state index contributed by atoms with van der Waals surface area (Å²) in [4.78, 5) is 2.11. The molecule has 0 heterocycles. The van der Waals surface area contributed by atoms with Crippen molar-refractivity contribution in [1.82, 2.24) is 4.90 Å². The van der Waals surface area contributed by atoms with Crippen molar-refractivity contribution in [2.75, 3.05) is 33.9 Å². The molecule has 0 fully saturated rings. The average Bonchev–Trinajstić information content (AvgIpc) is 2.75. The summed E-state index contributed by atoms with van der Waals surface area (Å²) in [6, 6.07) is 29.5. The van der Waals surface area contributed by atoms with Gasteiger partial charge in [0.1, 0.15) is 12.4 Å². The Labute approximate surface area is 174 Å². The molecule has 3 rings (SSSR count). The molecule has 3 aromatic rings. The van der Waals surface area contributed by atoms with E-state index in [1.165, 1.54) is 16.7 Å². The molecular formula is C26H31NO2. The van der Waals surface area contributed by atoms with E-state index in [0.717, 1.165) is 12.3 Å². The topological polar surface area (TPSA) is 32.7 Å². The van der Waals surface area contributed by atoms with Gasteiger partial charge in [-0.1, -0.05) is 72.8 Å². The van der Waals surface area contributed by atoms with Gasteiger partial charge in [-0.15, -0.1) is 0 Å². The highest BCUT2D eigenvalue weighted by Crippen LogP contribution is 2.40. The quantitative estimate of drug-likeness (QED) is 0.534. The van der Waals surface area contributed by atoms with Gasteiger partial charge in [-0.05, 0) is 55.3 Å². The smallest absolute Gasteiger partial charge is 0.119 e. The highest BCUT2D eigenvalue weighted by atomic mass is 16.5. The number of hydrogen-bond donors (Lipinski definition) is 1. The summed E-state index contributed by atoms with van der Waals surface area (Å²) in [6.45, 7) is 1.72. The number of likely N-dealkylation sites (N-methyl/N-ethyl adjacent to an activating group) is 1. The number of rotatable bonds is 10. The summed E-state index contributed by atoms with van der Waals surface area (Å²) < 4.78 is 5.87. The molecule has 0 unspecified atom stereocenters. The van der Waals surface area contributed by atoms with E-state index in [0.29, 0.717) is 13.0 Å². The van der Waals surface area contributed by atoms with E-state index < -0.39 is 0 Å². The lowest BCUT2D eigenvalue weighted by molar-refractivity contribution is 0.261. The first-order valence-corrected chi connectivity index (χ1v) is 10.3. The van der Waals surface area contributed by atoms with E-state index in [1.807, 2.05) is 26.2 Å². The standard InChI is InChI=1S/C26H31NO2/c1-27(2)18-20-29-24-15-13-23(14-16-24)26(22-11-7-4-8-12-22)25(17-19-28)21-9-5-3-6-10-21/h3-16,25-26,28H,17-20H2,1-2H3/t25-,26+/m0/s1. The van der Waals surface area contributed by atoms with Gasteiger partial charge in [-0.3, -0.25) is 0 Å². The molecular weight excluding hydrogens is 358 g/mol. The second-order valence-electron chi connectivity index (χ2n) is 7.64. The van der Waals surface area contributed by atoms with Gasteiger partial charge in [0.25, 0.3) is 0 Å². The third-order valence-corrected chi connectivity index (χ3v) is 5.28. The first-order chi connectivity index (χ1) is 14.2. The predicted molar refractivity (Wildman–Crippen MR) is 120 cm³/mol. The molecule has 0 bridgehead atoms. The van der Waals surface area contributed by atoms with Crippen LogP contribution in [0, 0.1) is 0 Å². The number of benzene rings is 3. The molecule has 0 saturated carbocycles. The Morgan fingerprint density at radius 1 is 0.759 bits per heavy atom. The maximum absolute atomic E-state index is 9.80. The monoisotopic (exact) mass is 389 g/mol. The molecule has 2 atom stereocenters. The summed E-state index contributed by atoms with van der Waals surface area (Å²) >= 11 is 0. The summed E-state index contributed by atoms with van der Waals surface area (Å²) in [5, 5.41) is 9.80. The molecule has 0 radical (unpaired) electrons. The highest BCUT2D eigenvalue weighted by molar-refractivity contribution is 5.40. The van der Waals surface area contributed by atoms with Gasteiger partial charge in [0.05, 0.1) is 0 Å². The molecule has 3 heteroatoms. The largest absolute Gasteiger partial charge is 0.492 e. The van der Waals surface area contributed by atoms with Crippen LogP contribution in [0.25, 0.3) is 0 Å². The highest BCUT2D eigenvalue weighted by Gasteiger charge is 2.26.